The summed E-state index contributed by atoms with van der Waals surface area (Å²) in [6, 6.07) is 6.09. The highest BCUT2D eigenvalue weighted by molar-refractivity contribution is 6.32. The first kappa shape index (κ1) is 9.65. The first-order valence-electron chi connectivity index (χ1n) is 4.15. The number of rotatable bonds is 3. The fourth-order valence-corrected chi connectivity index (χ4v) is 1.21. The van der Waals surface area contributed by atoms with E-state index in [1.54, 1.807) is 7.11 Å². The van der Waals surface area contributed by atoms with Crippen LogP contribution in [-0.4, -0.2) is 15.0 Å². The highest BCUT2D eigenvalue weighted by atomic mass is 16.5. The van der Waals surface area contributed by atoms with Crippen molar-refractivity contribution in [3.8, 4) is 0 Å². The van der Waals surface area contributed by atoms with Crippen LogP contribution in [0.15, 0.2) is 31.4 Å². The molecule has 13 heavy (non-hydrogen) atoms. The zero-order valence-corrected chi connectivity index (χ0v) is 8.13. The van der Waals surface area contributed by atoms with Gasteiger partial charge in [-0.2, -0.15) is 0 Å². The van der Waals surface area contributed by atoms with E-state index in [2.05, 4.69) is 19.2 Å². The molecule has 1 nitrogen and oxygen atoms in total. The first-order valence-corrected chi connectivity index (χ1v) is 4.15. The molecule has 0 amide bonds. The quantitative estimate of drug-likeness (QED) is 0.491. The maximum absolute atomic E-state index is 5.08. The van der Waals surface area contributed by atoms with E-state index < -0.39 is 0 Å². The van der Waals surface area contributed by atoms with E-state index in [-0.39, 0.29) is 0 Å². The fourth-order valence-electron chi connectivity index (χ4n) is 1.21. The van der Waals surface area contributed by atoms with Gasteiger partial charge in [-0.05, 0) is 5.56 Å². The predicted molar refractivity (Wildman–Crippen MR) is 60.8 cm³/mol. The van der Waals surface area contributed by atoms with Crippen LogP contribution in [0.25, 0.3) is 11.8 Å². The number of methoxy groups -OCH3 is 1. The molecule has 0 aliphatic heterocycles. The Labute approximate surface area is 80.1 Å². The summed E-state index contributed by atoms with van der Waals surface area (Å²) in [5.41, 5.74) is 3.28. The van der Waals surface area contributed by atoms with Crippen molar-refractivity contribution in [2.24, 2.45) is 0 Å². The standard InChI is InChI=1S/C11H13BO/c1-4-9-7-10(12)5-6-11(9)8(2)13-3/h4-7H,1-2,12H2,3H3. The lowest BCUT2D eigenvalue weighted by atomic mass is 9.91. The van der Waals surface area contributed by atoms with Crippen molar-refractivity contribution in [3.63, 3.8) is 0 Å². The Morgan fingerprint density at radius 2 is 2.23 bits per heavy atom. The summed E-state index contributed by atoms with van der Waals surface area (Å²) in [5, 5.41) is 0. The summed E-state index contributed by atoms with van der Waals surface area (Å²) in [4.78, 5) is 0. The molecule has 0 radical (unpaired) electrons. The van der Waals surface area contributed by atoms with E-state index in [1.807, 2.05) is 26.1 Å². The molecule has 0 N–H and O–H groups in total. The summed E-state index contributed by atoms with van der Waals surface area (Å²) in [5.74, 6) is 0.676. The highest BCUT2D eigenvalue weighted by Gasteiger charge is 2.02. The zero-order valence-electron chi connectivity index (χ0n) is 8.13. The Morgan fingerprint density at radius 3 is 2.77 bits per heavy atom. The summed E-state index contributed by atoms with van der Waals surface area (Å²) >= 11 is 0. The highest BCUT2D eigenvalue weighted by Crippen LogP contribution is 2.17. The zero-order chi connectivity index (χ0) is 9.84. The van der Waals surface area contributed by atoms with Gasteiger partial charge in [0.25, 0.3) is 0 Å². The molecule has 0 fully saturated rings. The van der Waals surface area contributed by atoms with Crippen LogP contribution in [0.3, 0.4) is 0 Å². The summed E-state index contributed by atoms with van der Waals surface area (Å²) < 4.78 is 5.08. The molecular weight excluding hydrogens is 159 g/mol. The van der Waals surface area contributed by atoms with Crippen molar-refractivity contribution in [1.82, 2.24) is 0 Å². The van der Waals surface area contributed by atoms with Crippen LogP contribution in [0.2, 0.25) is 0 Å². The number of ether oxygens (including phenoxy) is 1. The van der Waals surface area contributed by atoms with Gasteiger partial charge in [-0.3, -0.25) is 0 Å². The van der Waals surface area contributed by atoms with Crippen molar-refractivity contribution >= 4 is 25.1 Å². The first-order chi connectivity index (χ1) is 6.19. The topological polar surface area (TPSA) is 9.23 Å². The Balaban J connectivity index is 3.20. The van der Waals surface area contributed by atoms with Gasteiger partial charge >= 0.3 is 0 Å². The third-order valence-electron chi connectivity index (χ3n) is 1.97. The summed E-state index contributed by atoms with van der Waals surface area (Å²) in [7, 11) is 3.67. The van der Waals surface area contributed by atoms with E-state index >= 15 is 0 Å². The molecule has 0 saturated carbocycles. The lowest BCUT2D eigenvalue weighted by Crippen LogP contribution is -2.03. The molecule has 1 rings (SSSR count). The second-order valence-corrected chi connectivity index (χ2v) is 2.92. The molecule has 2 heteroatoms. The van der Waals surface area contributed by atoms with Gasteiger partial charge in [0.1, 0.15) is 13.6 Å². The fraction of sp³-hybridized carbons (Fsp3) is 0.0909. The van der Waals surface area contributed by atoms with E-state index in [9.17, 15) is 0 Å². The largest absolute Gasteiger partial charge is 0.497 e. The normalized spacial score (nSPS) is 9.31. The smallest absolute Gasteiger partial charge is 0.139 e. The minimum absolute atomic E-state index is 0.676. The van der Waals surface area contributed by atoms with Crippen molar-refractivity contribution in [2.45, 2.75) is 0 Å². The third-order valence-corrected chi connectivity index (χ3v) is 1.97. The lowest BCUT2D eigenvalue weighted by Gasteiger charge is -2.08. The molecule has 0 aliphatic rings. The van der Waals surface area contributed by atoms with Gasteiger partial charge in [0.05, 0.1) is 7.11 Å². The minimum Gasteiger partial charge on any atom is -0.497 e. The molecule has 0 spiro atoms. The van der Waals surface area contributed by atoms with E-state index in [0.29, 0.717) is 5.76 Å². The molecule has 0 saturated heterocycles. The number of hydrogen-bond acceptors (Lipinski definition) is 1. The molecule has 0 atom stereocenters. The molecular formula is C11H13BO. The van der Waals surface area contributed by atoms with E-state index in [4.69, 9.17) is 4.74 Å². The Kier molecular flexibility index (Phi) is 2.96. The molecule has 0 unspecified atom stereocenters. The molecule has 1 aromatic carbocycles. The lowest BCUT2D eigenvalue weighted by molar-refractivity contribution is 0.371. The van der Waals surface area contributed by atoms with Gasteiger partial charge in [-0.1, -0.05) is 42.9 Å². The van der Waals surface area contributed by atoms with Crippen molar-refractivity contribution < 1.29 is 4.74 Å². The number of benzene rings is 1. The van der Waals surface area contributed by atoms with Crippen LogP contribution in [0.4, 0.5) is 0 Å². The van der Waals surface area contributed by atoms with Crippen LogP contribution in [0.5, 0.6) is 0 Å². The SMILES string of the molecule is Bc1ccc(C(=C)OC)c(C=C)c1. The molecule has 0 aromatic heterocycles. The summed E-state index contributed by atoms with van der Waals surface area (Å²) in [6.45, 7) is 7.56. The molecule has 1 aromatic rings. The Hall–Kier alpha value is -1.44. The Bertz CT molecular complexity index is 342. The molecule has 0 aliphatic carbocycles. The minimum atomic E-state index is 0.676. The van der Waals surface area contributed by atoms with Crippen molar-refractivity contribution in [2.75, 3.05) is 7.11 Å². The molecule has 66 valence electrons. The van der Waals surface area contributed by atoms with Crippen LogP contribution in [-0.2, 0) is 4.74 Å². The van der Waals surface area contributed by atoms with Crippen LogP contribution < -0.4 is 5.46 Å². The second-order valence-electron chi connectivity index (χ2n) is 2.92. The van der Waals surface area contributed by atoms with Gasteiger partial charge in [0.15, 0.2) is 0 Å². The van der Waals surface area contributed by atoms with Gasteiger partial charge in [0, 0.05) is 5.56 Å². The van der Waals surface area contributed by atoms with Gasteiger partial charge < -0.3 is 4.74 Å². The van der Waals surface area contributed by atoms with Crippen molar-refractivity contribution in [3.05, 3.63) is 42.5 Å². The van der Waals surface area contributed by atoms with Gasteiger partial charge in [0.2, 0.25) is 0 Å². The van der Waals surface area contributed by atoms with E-state index in [0.717, 1.165) is 11.1 Å². The predicted octanol–water partition coefficient (Wildman–Crippen LogP) is 1.21. The average molecular weight is 172 g/mol. The van der Waals surface area contributed by atoms with Crippen molar-refractivity contribution in [1.29, 1.82) is 0 Å². The summed E-state index contributed by atoms with van der Waals surface area (Å²) in [6.07, 6.45) is 1.81. The van der Waals surface area contributed by atoms with Crippen LogP contribution in [0.1, 0.15) is 11.1 Å². The maximum atomic E-state index is 5.08. The van der Waals surface area contributed by atoms with Crippen LogP contribution in [0, 0.1) is 0 Å². The van der Waals surface area contributed by atoms with Gasteiger partial charge in [-0.25, -0.2) is 0 Å². The third kappa shape index (κ3) is 2.02. The average Bonchev–Trinajstić information content (AvgIpc) is 2.16. The Morgan fingerprint density at radius 1 is 1.54 bits per heavy atom. The van der Waals surface area contributed by atoms with Crippen LogP contribution >= 0.6 is 0 Å². The van der Waals surface area contributed by atoms with E-state index in [1.165, 1.54) is 5.46 Å². The van der Waals surface area contributed by atoms with Gasteiger partial charge in [-0.15, -0.1) is 0 Å². The monoisotopic (exact) mass is 172 g/mol. The molecule has 0 heterocycles. The second kappa shape index (κ2) is 3.99. The maximum Gasteiger partial charge on any atom is 0.139 e. The molecule has 0 bridgehead atoms. The number of hydrogen-bond donors (Lipinski definition) is 0.